The maximum Gasteiger partial charge on any atom is 0.293 e. The van der Waals surface area contributed by atoms with Crippen LogP contribution >= 0.6 is 15.9 Å². The average molecular weight is 426 g/mol. The lowest BCUT2D eigenvalue weighted by Crippen LogP contribution is -2.23. The van der Waals surface area contributed by atoms with Gasteiger partial charge in [0.1, 0.15) is 11.5 Å². The molecule has 7 nitrogen and oxygen atoms in total. The molecule has 1 amide bonds. The van der Waals surface area contributed by atoms with Gasteiger partial charge in [0.25, 0.3) is 11.6 Å². The van der Waals surface area contributed by atoms with Gasteiger partial charge >= 0.3 is 0 Å². The van der Waals surface area contributed by atoms with Crippen molar-refractivity contribution < 1.29 is 18.8 Å². The fourth-order valence-electron chi connectivity index (χ4n) is 2.20. The van der Waals surface area contributed by atoms with Gasteiger partial charge in [0.05, 0.1) is 16.0 Å². The van der Waals surface area contributed by atoms with Crippen molar-refractivity contribution in [1.29, 1.82) is 0 Å². The number of nitrogens with zero attached hydrogens (tertiary/aromatic N) is 1. The Labute approximate surface area is 157 Å². The van der Waals surface area contributed by atoms with E-state index in [4.69, 9.17) is 4.74 Å². The summed E-state index contributed by atoms with van der Waals surface area (Å²) in [6, 6.07) is 8.67. The highest BCUT2D eigenvalue weighted by Gasteiger charge is 2.17. The number of hydrogen-bond donors (Lipinski definition) is 2. The van der Waals surface area contributed by atoms with Crippen LogP contribution in [-0.4, -0.2) is 31.1 Å². The lowest BCUT2D eigenvalue weighted by molar-refractivity contribution is -0.384. The minimum Gasteiger partial charge on any atom is -0.383 e. The Hall–Kier alpha value is -2.52. The smallest absolute Gasteiger partial charge is 0.293 e. The predicted molar refractivity (Wildman–Crippen MR) is 98.7 cm³/mol. The highest BCUT2D eigenvalue weighted by atomic mass is 79.9. The second-order valence-corrected chi connectivity index (χ2v) is 6.19. The van der Waals surface area contributed by atoms with E-state index in [1.165, 1.54) is 31.4 Å². The van der Waals surface area contributed by atoms with E-state index in [-0.39, 0.29) is 17.8 Å². The summed E-state index contributed by atoms with van der Waals surface area (Å²) >= 11 is 3.06. The van der Waals surface area contributed by atoms with Gasteiger partial charge < -0.3 is 15.4 Å². The number of halogens is 2. The first-order valence-electron chi connectivity index (χ1n) is 7.65. The van der Waals surface area contributed by atoms with Crippen LogP contribution in [0.2, 0.25) is 0 Å². The minimum absolute atomic E-state index is 0.102. The number of rotatable bonds is 8. The summed E-state index contributed by atoms with van der Waals surface area (Å²) in [5, 5.41) is 16.7. The summed E-state index contributed by atoms with van der Waals surface area (Å²) in [6.45, 7) is 0.895. The number of nitro groups is 1. The van der Waals surface area contributed by atoms with Crippen molar-refractivity contribution >= 4 is 33.2 Å². The molecule has 0 aliphatic rings. The summed E-state index contributed by atoms with van der Waals surface area (Å²) in [5.41, 5.74) is 0.819. The van der Waals surface area contributed by atoms with Crippen molar-refractivity contribution in [3.05, 3.63) is 67.9 Å². The Kier molecular flexibility index (Phi) is 7.05. The quantitative estimate of drug-likeness (QED) is 0.383. The summed E-state index contributed by atoms with van der Waals surface area (Å²) in [6.07, 6.45) is 0. The Morgan fingerprint density at radius 1 is 1.31 bits per heavy atom. The van der Waals surface area contributed by atoms with Gasteiger partial charge in [0.2, 0.25) is 0 Å². The molecule has 0 aliphatic heterocycles. The monoisotopic (exact) mass is 425 g/mol. The zero-order valence-corrected chi connectivity index (χ0v) is 15.5. The predicted octanol–water partition coefficient (Wildman–Crippen LogP) is 3.48. The molecular weight excluding hydrogens is 409 g/mol. The van der Waals surface area contributed by atoms with E-state index in [1.807, 2.05) is 0 Å². The van der Waals surface area contributed by atoms with E-state index in [0.717, 1.165) is 0 Å². The molecule has 138 valence electrons. The maximum absolute atomic E-state index is 13.5. The molecule has 0 fully saturated rings. The number of nitro benzene ring substituents is 1. The van der Waals surface area contributed by atoms with E-state index in [0.29, 0.717) is 28.9 Å². The van der Waals surface area contributed by atoms with Gasteiger partial charge in [0.15, 0.2) is 0 Å². The third-order valence-corrected chi connectivity index (χ3v) is 4.16. The molecule has 0 saturated carbocycles. The molecule has 2 aromatic rings. The van der Waals surface area contributed by atoms with Crippen LogP contribution in [0.5, 0.6) is 0 Å². The van der Waals surface area contributed by atoms with Crippen LogP contribution in [0.15, 0.2) is 40.9 Å². The zero-order valence-electron chi connectivity index (χ0n) is 13.9. The first-order chi connectivity index (χ1) is 12.4. The van der Waals surface area contributed by atoms with Crippen LogP contribution in [0.4, 0.5) is 15.8 Å². The molecule has 0 aromatic heterocycles. The van der Waals surface area contributed by atoms with Crippen LogP contribution < -0.4 is 10.6 Å². The Morgan fingerprint density at radius 2 is 2.08 bits per heavy atom. The molecule has 0 aliphatic carbocycles. The Bertz CT molecular complexity index is 817. The Balaban J connectivity index is 2.09. The van der Waals surface area contributed by atoms with Crippen molar-refractivity contribution in [2.24, 2.45) is 0 Å². The number of anilines is 1. The largest absolute Gasteiger partial charge is 0.383 e. The van der Waals surface area contributed by atoms with Gasteiger partial charge in [-0.15, -0.1) is 0 Å². The highest BCUT2D eigenvalue weighted by molar-refractivity contribution is 9.10. The fourth-order valence-corrected chi connectivity index (χ4v) is 2.44. The number of ether oxygens (including phenoxy) is 1. The molecule has 0 atom stereocenters. The average Bonchev–Trinajstić information content (AvgIpc) is 2.62. The highest BCUT2D eigenvalue weighted by Crippen LogP contribution is 2.25. The van der Waals surface area contributed by atoms with E-state index in [1.54, 1.807) is 12.1 Å². The van der Waals surface area contributed by atoms with Crippen LogP contribution in [0.25, 0.3) is 0 Å². The van der Waals surface area contributed by atoms with Crippen LogP contribution in [0.3, 0.4) is 0 Å². The second kappa shape index (κ2) is 9.25. The lowest BCUT2D eigenvalue weighted by atomic mass is 10.1. The molecule has 9 heteroatoms. The number of carbonyl (C=O) groups excluding carboxylic acids is 1. The maximum atomic E-state index is 13.5. The SMILES string of the molecule is COCCNc1ccc(C(=O)NCc2ccc(Br)c(F)c2)cc1[N+](=O)[O-]. The molecule has 2 aromatic carbocycles. The summed E-state index contributed by atoms with van der Waals surface area (Å²) in [4.78, 5) is 22.9. The molecule has 2 rings (SSSR count). The van der Waals surface area contributed by atoms with Gasteiger partial charge in [-0.2, -0.15) is 0 Å². The molecule has 2 N–H and O–H groups in total. The lowest BCUT2D eigenvalue weighted by Gasteiger charge is -2.09. The minimum atomic E-state index is -0.560. The van der Waals surface area contributed by atoms with Crippen molar-refractivity contribution in [1.82, 2.24) is 5.32 Å². The van der Waals surface area contributed by atoms with E-state index < -0.39 is 16.6 Å². The molecule has 0 spiro atoms. The van der Waals surface area contributed by atoms with Crippen molar-refractivity contribution in [3.8, 4) is 0 Å². The molecule has 0 unspecified atom stereocenters. The molecule has 26 heavy (non-hydrogen) atoms. The zero-order chi connectivity index (χ0) is 19.1. The van der Waals surface area contributed by atoms with Gasteiger partial charge in [-0.1, -0.05) is 6.07 Å². The third kappa shape index (κ3) is 5.24. The number of hydrogen-bond acceptors (Lipinski definition) is 5. The van der Waals surface area contributed by atoms with Crippen LogP contribution in [0, 0.1) is 15.9 Å². The summed E-state index contributed by atoms with van der Waals surface area (Å²) in [5.74, 6) is -0.918. The second-order valence-electron chi connectivity index (χ2n) is 5.34. The van der Waals surface area contributed by atoms with Crippen molar-refractivity contribution in [2.75, 3.05) is 25.6 Å². The topological polar surface area (TPSA) is 93.5 Å². The standard InChI is InChI=1S/C17H17BrFN3O4/c1-26-7-6-20-15-5-3-12(9-16(15)22(24)25)17(23)21-10-11-2-4-13(18)14(19)8-11/h2-5,8-9,20H,6-7,10H2,1H3,(H,21,23). The molecule has 0 heterocycles. The van der Waals surface area contributed by atoms with E-state index in [2.05, 4.69) is 26.6 Å². The number of nitrogens with one attached hydrogen (secondary N) is 2. The van der Waals surface area contributed by atoms with Gasteiger partial charge in [-0.05, 0) is 45.8 Å². The summed E-state index contributed by atoms with van der Waals surface area (Å²) in [7, 11) is 1.53. The third-order valence-electron chi connectivity index (χ3n) is 3.52. The van der Waals surface area contributed by atoms with Gasteiger partial charge in [-0.3, -0.25) is 14.9 Å². The van der Waals surface area contributed by atoms with E-state index >= 15 is 0 Å². The number of benzene rings is 2. The van der Waals surface area contributed by atoms with Crippen molar-refractivity contribution in [2.45, 2.75) is 6.54 Å². The molecule has 0 radical (unpaired) electrons. The van der Waals surface area contributed by atoms with Crippen LogP contribution in [0.1, 0.15) is 15.9 Å². The van der Waals surface area contributed by atoms with E-state index in [9.17, 15) is 19.3 Å². The van der Waals surface area contributed by atoms with Crippen LogP contribution in [-0.2, 0) is 11.3 Å². The van der Waals surface area contributed by atoms with Gasteiger partial charge in [0, 0.05) is 31.8 Å². The summed E-state index contributed by atoms with van der Waals surface area (Å²) < 4.78 is 18.7. The molecule has 0 bridgehead atoms. The number of methoxy groups -OCH3 is 1. The first kappa shape index (κ1) is 19.8. The molecule has 0 saturated heterocycles. The first-order valence-corrected chi connectivity index (χ1v) is 8.45. The van der Waals surface area contributed by atoms with Gasteiger partial charge in [-0.25, -0.2) is 4.39 Å². The number of amides is 1. The molecular formula is C17H17BrFN3O4. The van der Waals surface area contributed by atoms with Crippen molar-refractivity contribution in [3.63, 3.8) is 0 Å². The Morgan fingerprint density at radius 3 is 2.73 bits per heavy atom. The fraction of sp³-hybridized carbons (Fsp3) is 0.235. The normalized spacial score (nSPS) is 10.4. The number of carbonyl (C=O) groups is 1.